The van der Waals surface area contributed by atoms with E-state index in [4.69, 9.17) is 23.2 Å². The summed E-state index contributed by atoms with van der Waals surface area (Å²) in [6.07, 6.45) is 3.72. The number of amides is 2. The van der Waals surface area contributed by atoms with Crippen LogP contribution in [-0.4, -0.2) is 23.4 Å². The number of hydrogen-bond acceptors (Lipinski definition) is 3. The third-order valence-electron chi connectivity index (χ3n) is 4.29. The molecule has 4 nitrogen and oxygen atoms in total. The Balaban J connectivity index is 1.70. The lowest BCUT2D eigenvalue weighted by atomic mass is 9.81. The molecular weight excluding hydrogens is 311 g/mol. The lowest BCUT2D eigenvalue weighted by Gasteiger charge is -2.19. The molecule has 1 aliphatic heterocycles. The van der Waals surface area contributed by atoms with Gasteiger partial charge in [-0.2, -0.15) is 0 Å². The van der Waals surface area contributed by atoms with Crippen molar-refractivity contribution >= 4 is 40.7 Å². The Morgan fingerprint density at radius 2 is 1.71 bits per heavy atom. The lowest BCUT2D eigenvalue weighted by molar-refractivity contribution is -0.139. The average Bonchev–Trinajstić information content (AvgIpc) is 2.71. The van der Waals surface area contributed by atoms with Gasteiger partial charge in [-0.3, -0.25) is 14.5 Å². The van der Waals surface area contributed by atoms with E-state index in [-0.39, 0.29) is 30.3 Å². The highest BCUT2D eigenvalue weighted by Crippen LogP contribution is 2.38. The van der Waals surface area contributed by atoms with Gasteiger partial charge in [0.05, 0.1) is 29.2 Å². The lowest BCUT2D eigenvalue weighted by Crippen LogP contribution is -2.35. The SMILES string of the molecule is O=C1C2CCCCC2C(=O)N1CNc1ccc(Cl)cc1Cl. The van der Waals surface area contributed by atoms with E-state index >= 15 is 0 Å². The van der Waals surface area contributed by atoms with E-state index in [9.17, 15) is 9.59 Å². The molecule has 0 radical (unpaired) electrons. The highest BCUT2D eigenvalue weighted by molar-refractivity contribution is 6.36. The zero-order valence-electron chi connectivity index (χ0n) is 11.4. The fourth-order valence-electron chi connectivity index (χ4n) is 3.18. The molecule has 2 unspecified atom stereocenters. The van der Waals surface area contributed by atoms with Crippen LogP contribution in [0.4, 0.5) is 5.69 Å². The molecular formula is C15H16Cl2N2O2. The number of fused-ring (bicyclic) bond motifs is 1. The molecule has 6 heteroatoms. The Labute approximate surface area is 133 Å². The molecule has 1 heterocycles. The molecule has 2 amide bonds. The van der Waals surface area contributed by atoms with Crippen molar-refractivity contribution in [2.75, 3.05) is 12.0 Å². The van der Waals surface area contributed by atoms with Crippen molar-refractivity contribution in [1.29, 1.82) is 0 Å². The van der Waals surface area contributed by atoms with E-state index in [1.165, 1.54) is 4.90 Å². The number of benzene rings is 1. The Hall–Kier alpha value is -1.26. The monoisotopic (exact) mass is 326 g/mol. The minimum Gasteiger partial charge on any atom is -0.366 e. The number of anilines is 1. The van der Waals surface area contributed by atoms with Gasteiger partial charge < -0.3 is 5.32 Å². The van der Waals surface area contributed by atoms with Gasteiger partial charge in [0.25, 0.3) is 0 Å². The summed E-state index contributed by atoms with van der Waals surface area (Å²) in [6, 6.07) is 5.07. The van der Waals surface area contributed by atoms with Crippen LogP contribution in [0.5, 0.6) is 0 Å². The fourth-order valence-corrected chi connectivity index (χ4v) is 3.66. The molecule has 21 heavy (non-hydrogen) atoms. The van der Waals surface area contributed by atoms with Gasteiger partial charge in [0.2, 0.25) is 11.8 Å². The van der Waals surface area contributed by atoms with Gasteiger partial charge in [-0.15, -0.1) is 0 Å². The van der Waals surface area contributed by atoms with E-state index in [0.29, 0.717) is 15.7 Å². The number of carbonyl (C=O) groups excluding carboxylic acids is 2. The first kappa shape index (κ1) is 14.7. The molecule has 0 spiro atoms. The van der Waals surface area contributed by atoms with E-state index < -0.39 is 0 Å². The Morgan fingerprint density at radius 3 is 2.29 bits per heavy atom. The molecule has 2 fully saturated rings. The maximum Gasteiger partial charge on any atom is 0.234 e. The van der Waals surface area contributed by atoms with Crippen LogP contribution in [0.25, 0.3) is 0 Å². The van der Waals surface area contributed by atoms with Crippen LogP contribution in [-0.2, 0) is 9.59 Å². The Bertz CT molecular complexity index is 567. The number of hydrogen-bond donors (Lipinski definition) is 1. The minimum atomic E-state index is -0.117. The molecule has 2 atom stereocenters. The quantitative estimate of drug-likeness (QED) is 0.864. The largest absolute Gasteiger partial charge is 0.366 e. The second-order valence-electron chi connectivity index (χ2n) is 5.56. The number of imide groups is 1. The van der Waals surface area contributed by atoms with Crippen molar-refractivity contribution in [3.05, 3.63) is 28.2 Å². The summed E-state index contributed by atoms with van der Waals surface area (Å²) in [4.78, 5) is 26.0. The third-order valence-corrected chi connectivity index (χ3v) is 4.84. The Morgan fingerprint density at radius 1 is 1.10 bits per heavy atom. The maximum absolute atomic E-state index is 12.3. The van der Waals surface area contributed by atoms with Crippen LogP contribution >= 0.6 is 23.2 Å². The number of likely N-dealkylation sites (tertiary alicyclic amines) is 1. The van der Waals surface area contributed by atoms with Crippen molar-refractivity contribution < 1.29 is 9.59 Å². The molecule has 2 aliphatic rings. The normalized spacial score (nSPS) is 25.1. The Kier molecular flexibility index (Phi) is 4.09. The molecule has 3 rings (SSSR count). The predicted octanol–water partition coefficient (Wildman–Crippen LogP) is 3.54. The molecule has 1 saturated carbocycles. The van der Waals surface area contributed by atoms with Gasteiger partial charge in [-0.1, -0.05) is 36.0 Å². The second kappa shape index (κ2) is 5.85. The first-order valence-corrected chi connectivity index (χ1v) is 7.87. The van der Waals surface area contributed by atoms with E-state index in [2.05, 4.69) is 5.32 Å². The standard InChI is InChI=1S/C15H16Cl2N2O2/c16-9-5-6-13(12(17)7-9)18-8-19-14(20)10-3-1-2-4-11(10)15(19)21/h5-7,10-11,18H,1-4,8H2. The topological polar surface area (TPSA) is 49.4 Å². The highest BCUT2D eigenvalue weighted by Gasteiger charge is 2.47. The molecule has 1 aliphatic carbocycles. The molecule has 1 aromatic carbocycles. The van der Waals surface area contributed by atoms with E-state index in [1.54, 1.807) is 18.2 Å². The number of halogens is 2. The zero-order chi connectivity index (χ0) is 15.0. The van der Waals surface area contributed by atoms with Crippen LogP contribution in [0.3, 0.4) is 0 Å². The molecule has 1 N–H and O–H groups in total. The van der Waals surface area contributed by atoms with Crippen LogP contribution in [0.2, 0.25) is 10.0 Å². The average molecular weight is 327 g/mol. The molecule has 112 valence electrons. The van der Waals surface area contributed by atoms with Gasteiger partial charge in [0, 0.05) is 5.02 Å². The third kappa shape index (κ3) is 2.74. The first-order chi connectivity index (χ1) is 10.1. The molecule has 0 bridgehead atoms. The van der Waals surface area contributed by atoms with Gasteiger partial charge in [-0.25, -0.2) is 0 Å². The summed E-state index contributed by atoms with van der Waals surface area (Å²) in [5.41, 5.74) is 0.663. The highest BCUT2D eigenvalue weighted by atomic mass is 35.5. The fraction of sp³-hybridized carbons (Fsp3) is 0.467. The van der Waals surface area contributed by atoms with Crippen molar-refractivity contribution in [2.24, 2.45) is 11.8 Å². The zero-order valence-corrected chi connectivity index (χ0v) is 13.0. The van der Waals surface area contributed by atoms with Gasteiger partial charge in [-0.05, 0) is 31.0 Å². The summed E-state index contributed by atoms with van der Waals surface area (Å²) < 4.78 is 0. The number of nitrogens with one attached hydrogen (secondary N) is 1. The summed E-state index contributed by atoms with van der Waals surface area (Å²) in [7, 11) is 0. The van der Waals surface area contributed by atoms with Gasteiger partial charge in [0.1, 0.15) is 0 Å². The van der Waals surface area contributed by atoms with Crippen molar-refractivity contribution in [3.8, 4) is 0 Å². The summed E-state index contributed by atoms with van der Waals surface area (Å²) >= 11 is 11.9. The molecule has 1 saturated heterocycles. The molecule has 1 aromatic rings. The maximum atomic E-state index is 12.3. The van der Waals surface area contributed by atoms with Gasteiger partial charge >= 0.3 is 0 Å². The summed E-state index contributed by atoms with van der Waals surface area (Å²) in [5.74, 6) is -0.341. The summed E-state index contributed by atoms with van der Waals surface area (Å²) in [5, 5.41) is 4.06. The first-order valence-electron chi connectivity index (χ1n) is 7.12. The van der Waals surface area contributed by atoms with E-state index in [0.717, 1.165) is 25.7 Å². The van der Waals surface area contributed by atoms with Gasteiger partial charge in [0.15, 0.2) is 0 Å². The van der Waals surface area contributed by atoms with Crippen LogP contribution in [0.15, 0.2) is 18.2 Å². The second-order valence-corrected chi connectivity index (χ2v) is 6.40. The minimum absolute atomic E-state index is 0.0534. The van der Waals surface area contributed by atoms with Crippen LogP contribution in [0, 0.1) is 11.8 Å². The number of carbonyl (C=O) groups is 2. The summed E-state index contributed by atoms with van der Waals surface area (Å²) in [6.45, 7) is 0.159. The van der Waals surface area contributed by atoms with Crippen molar-refractivity contribution in [1.82, 2.24) is 4.90 Å². The predicted molar refractivity (Wildman–Crippen MR) is 82.3 cm³/mol. The van der Waals surface area contributed by atoms with Crippen LogP contribution in [0.1, 0.15) is 25.7 Å². The number of rotatable bonds is 3. The van der Waals surface area contributed by atoms with Crippen molar-refractivity contribution in [3.63, 3.8) is 0 Å². The van der Waals surface area contributed by atoms with E-state index in [1.807, 2.05) is 0 Å². The number of nitrogens with zero attached hydrogens (tertiary/aromatic N) is 1. The molecule has 0 aromatic heterocycles. The van der Waals surface area contributed by atoms with Crippen molar-refractivity contribution in [2.45, 2.75) is 25.7 Å². The van der Waals surface area contributed by atoms with Crippen LogP contribution < -0.4 is 5.32 Å². The smallest absolute Gasteiger partial charge is 0.234 e.